The largest absolute Gasteiger partial charge is 0.486 e. The number of hydrogen-bond donors (Lipinski definition) is 2. The van der Waals surface area contributed by atoms with Crippen LogP contribution in [0.2, 0.25) is 0 Å². The molecule has 8 nitrogen and oxygen atoms in total. The zero-order valence-electron chi connectivity index (χ0n) is 18.5. The number of nitrogens with one attached hydrogen (secondary N) is 2. The molecular formula is C27H20N4O4. The van der Waals surface area contributed by atoms with Crippen LogP contribution in [0.4, 0.5) is 4.79 Å². The number of nitrogens with zero attached hydrogens (tertiary/aromatic N) is 2. The second-order valence-electron chi connectivity index (χ2n) is 7.62. The molecule has 2 N–H and O–H groups in total. The van der Waals surface area contributed by atoms with Gasteiger partial charge in [0.25, 0.3) is 0 Å². The van der Waals surface area contributed by atoms with Crippen molar-refractivity contribution in [2.24, 2.45) is 0 Å². The van der Waals surface area contributed by atoms with Gasteiger partial charge in [0, 0.05) is 0 Å². The Balaban J connectivity index is 1.65. The molecule has 3 aromatic carbocycles. The van der Waals surface area contributed by atoms with E-state index < -0.39 is 18.0 Å². The average Bonchev–Trinajstić information content (AvgIpc) is 2.91. The third-order valence-corrected chi connectivity index (χ3v) is 5.31. The first-order valence-corrected chi connectivity index (χ1v) is 10.7. The molecule has 0 saturated heterocycles. The number of ether oxygens (including phenoxy) is 2. The summed E-state index contributed by atoms with van der Waals surface area (Å²) >= 11 is 0. The fourth-order valence-electron chi connectivity index (χ4n) is 3.66. The average molecular weight is 464 g/mol. The van der Waals surface area contributed by atoms with Crippen molar-refractivity contribution in [1.29, 1.82) is 10.5 Å². The van der Waals surface area contributed by atoms with Crippen LogP contribution in [-0.4, -0.2) is 18.6 Å². The lowest BCUT2D eigenvalue weighted by Gasteiger charge is -2.29. The number of urea groups is 1. The Morgan fingerprint density at radius 2 is 1.69 bits per heavy atom. The minimum atomic E-state index is -0.771. The third kappa shape index (κ3) is 5.47. The van der Waals surface area contributed by atoms with Gasteiger partial charge in [-0.15, -0.1) is 0 Å². The highest BCUT2D eigenvalue weighted by molar-refractivity contribution is 5.95. The lowest BCUT2D eigenvalue weighted by Crippen LogP contribution is -2.47. The molecule has 0 fully saturated rings. The predicted molar refractivity (Wildman–Crippen MR) is 125 cm³/mol. The monoisotopic (exact) mass is 464 g/mol. The first-order valence-electron chi connectivity index (χ1n) is 10.7. The van der Waals surface area contributed by atoms with E-state index in [4.69, 9.17) is 14.7 Å². The summed E-state index contributed by atoms with van der Waals surface area (Å²) in [5.41, 5.74) is 2.54. The topological polar surface area (TPSA) is 124 Å². The van der Waals surface area contributed by atoms with E-state index in [1.165, 1.54) is 0 Å². The van der Waals surface area contributed by atoms with Crippen molar-refractivity contribution in [1.82, 2.24) is 10.6 Å². The Morgan fingerprint density at radius 1 is 0.914 bits per heavy atom. The molecule has 0 spiro atoms. The number of para-hydroxylation sites is 1. The molecule has 8 heteroatoms. The minimum Gasteiger partial charge on any atom is -0.486 e. The molecule has 0 aliphatic carbocycles. The molecule has 1 heterocycles. The SMILES string of the molecule is N#Cc1cccc(COC(=O)C2=C(COc3ccccc3C#N)NC(=O)NC2c2ccccc2)c1. The van der Waals surface area contributed by atoms with E-state index in [0.717, 1.165) is 0 Å². The van der Waals surface area contributed by atoms with E-state index in [2.05, 4.69) is 22.8 Å². The van der Waals surface area contributed by atoms with Gasteiger partial charge in [0.2, 0.25) is 0 Å². The summed E-state index contributed by atoms with van der Waals surface area (Å²) in [7, 11) is 0. The van der Waals surface area contributed by atoms with Crippen LogP contribution in [0.25, 0.3) is 0 Å². The minimum absolute atomic E-state index is 0.0568. The van der Waals surface area contributed by atoms with Gasteiger partial charge >= 0.3 is 12.0 Å². The van der Waals surface area contributed by atoms with Gasteiger partial charge in [0.05, 0.1) is 34.5 Å². The molecular weight excluding hydrogens is 444 g/mol. The van der Waals surface area contributed by atoms with Crippen molar-refractivity contribution in [3.8, 4) is 17.9 Å². The molecule has 4 rings (SSSR count). The molecule has 3 aromatic rings. The maximum atomic E-state index is 13.3. The maximum Gasteiger partial charge on any atom is 0.338 e. The molecule has 0 bridgehead atoms. The summed E-state index contributed by atoms with van der Waals surface area (Å²) in [5, 5.41) is 23.9. The number of nitriles is 2. The number of amides is 2. The Labute approximate surface area is 202 Å². The first kappa shape index (κ1) is 23.1. The van der Waals surface area contributed by atoms with Crippen LogP contribution in [-0.2, 0) is 16.1 Å². The van der Waals surface area contributed by atoms with Crippen LogP contribution in [0.5, 0.6) is 5.75 Å². The fraction of sp³-hybridized carbons (Fsp3) is 0.111. The van der Waals surface area contributed by atoms with Crippen LogP contribution < -0.4 is 15.4 Å². The molecule has 2 amide bonds. The number of rotatable bonds is 7. The first-order chi connectivity index (χ1) is 17.1. The maximum absolute atomic E-state index is 13.3. The second-order valence-corrected chi connectivity index (χ2v) is 7.62. The number of benzene rings is 3. The predicted octanol–water partition coefficient (Wildman–Crippen LogP) is 3.86. The molecule has 0 aromatic heterocycles. The Kier molecular flexibility index (Phi) is 7.05. The van der Waals surface area contributed by atoms with Gasteiger partial charge in [-0.2, -0.15) is 10.5 Å². The highest BCUT2D eigenvalue weighted by Crippen LogP contribution is 2.29. The number of hydrogen-bond acceptors (Lipinski definition) is 6. The van der Waals surface area contributed by atoms with Crippen molar-refractivity contribution in [3.05, 3.63) is 112 Å². The van der Waals surface area contributed by atoms with E-state index in [-0.39, 0.29) is 24.5 Å². The highest BCUT2D eigenvalue weighted by Gasteiger charge is 2.34. The summed E-state index contributed by atoms with van der Waals surface area (Å²) in [4.78, 5) is 25.8. The van der Waals surface area contributed by atoms with E-state index >= 15 is 0 Å². The summed E-state index contributed by atoms with van der Waals surface area (Å²) < 4.78 is 11.4. The zero-order valence-corrected chi connectivity index (χ0v) is 18.5. The molecule has 0 radical (unpaired) electrons. The summed E-state index contributed by atoms with van der Waals surface area (Å²) in [6, 6.07) is 25.3. The molecule has 35 heavy (non-hydrogen) atoms. The standard InChI is InChI=1S/C27H20N4O4/c28-14-18-7-6-8-19(13-18)16-35-26(32)24-22(17-34-23-12-5-4-11-21(23)15-29)30-27(33)31-25(24)20-9-2-1-3-10-20/h1-13,25H,16-17H2,(H2,30,31,33). The van der Waals surface area contributed by atoms with Crippen LogP contribution >= 0.6 is 0 Å². The van der Waals surface area contributed by atoms with Gasteiger partial charge in [0.1, 0.15) is 25.0 Å². The summed E-state index contributed by atoms with van der Waals surface area (Å²) in [6.45, 7) is -0.220. The van der Waals surface area contributed by atoms with Gasteiger partial charge < -0.3 is 20.1 Å². The quantitative estimate of drug-likeness (QED) is 0.512. The molecule has 172 valence electrons. The Hall–Kier alpha value is -5.08. The van der Waals surface area contributed by atoms with Crippen molar-refractivity contribution in [3.63, 3.8) is 0 Å². The molecule has 1 atom stereocenters. The van der Waals surface area contributed by atoms with Crippen molar-refractivity contribution in [2.45, 2.75) is 12.6 Å². The van der Waals surface area contributed by atoms with Crippen LogP contribution in [0.1, 0.15) is 28.3 Å². The summed E-state index contributed by atoms with van der Waals surface area (Å²) in [5.74, 6) is -0.325. The van der Waals surface area contributed by atoms with E-state index in [9.17, 15) is 14.9 Å². The molecule has 1 aliphatic rings. The third-order valence-electron chi connectivity index (χ3n) is 5.31. The van der Waals surface area contributed by atoms with Gasteiger partial charge in [-0.1, -0.05) is 54.6 Å². The Bertz CT molecular complexity index is 1370. The van der Waals surface area contributed by atoms with E-state index in [1.807, 2.05) is 6.07 Å². The van der Waals surface area contributed by atoms with Gasteiger partial charge in [-0.3, -0.25) is 0 Å². The smallest absolute Gasteiger partial charge is 0.338 e. The van der Waals surface area contributed by atoms with Crippen molar-refractivity contribution >= 4 is 12.0 Å². The Morgan fingerprint density at radius 3 is 2.46 bits per heavy atom. The zero-order chi connectivity index (χ0) is 24.6. The van der Waals surface area contributed by atoms with Gasteiger partial charge in [-0.25, -0.2) is 9.59 Å². The molecule has 1 aliphatic heterocycles. The number of carbonyl (C=O) groups excluding carboxylic acids is 2. The van der Waals surface area contributed by atoms with Gasteiger partial charge in [-0.05, 0) is 35.4 Å². The second kappa shape index (κ2) is 10.7. The number of carbonyl (C=O) groups is 2. The van der Waals surface area contributed by atoms with Crippen LogP contribution in [0.3, 0.4) is 0 Å². The fourth-order valence-corrected chi connectivity index (χ4v) is 3.66. The summed E-state index contributed by atoms with van der Waals surface area (Å²) in [6.07, 6.45) is 0. The van der Waals surface area contributed by atoms with Crippen LogP contribution in [0.15, 0.2) is 90.1 Å². The molecule has 0 saturated carbocycles. The number of esters is 1. The van der Waals surface area contributed by atoms with E-state index in [0.29, 0.717) is 28.0 Å². The lowest BCUT2D eigenvalue weighted by molar-refractivity contribution is -0.140. The van der Waals surface area contributed by atoms with Crippen molar-refractivity contribution in [2.75, 3.05) is 6.61 Å². The highest BCUT2D eigenvalue weighted by atomic mass is 16.5. The lowest BCUT2D eigenvalue weighted by atomic mass is 9.95. The van der Waals surface area contributed by atoms with Crippen LogP contribution in [0, 0.1) is 22.7 Å². The normalized spacial score (nSPS) is 14.7. The van der Waals surface area contributed by atoms with Gasteiger partial charge in [0.15, 0.2) is 0 Å². The van der Waals surface area contributed by atoms with Crippen molar-refractivity contribution < 1.29 is 19.1 Å². The van der Waals surface area contributed by atoms with E-state index in [1.54, 1.807) is 72.8 Å². The molecule has 1 unspecified atom stereocenters.